The van der Waals surface area contributed by atoms with Gasteiger partial charge in [0.1, 0.15) is 17.4 Å². The number of anilines is 1. The van der Waals surface area contributed by atoms with Crippen molar-refractivity contribution in [2.45, 2.75) is 25.0 Å². The minimum absolute atomic E-state index is 0.223. The normalized spacial score (nSPS) is 22.1. The third-order valence-electron chi connectivity index (χ3n) is 5.02. The first-order valence-electron chi connectivity index (χ1n) is 8.28. The van der Waals surface area contributed by atoms with Crippen LogP contribution in [0.5, 0.6) is 0 Å². The predicted octanol–water partition coefficient (Wildman–Crippen LogP) is 2.45. The minimum Gasteiger partial charge on any atom is -0.383 e. The highest BCUT2D eigenvalue weighted by atomic mass is 35.5. The van der Waals surface area contributed by atoms with E-state index in [1.807, 2.05) is 19.1 Å². The van der Waals surface area contributed by atoms with Crippen LogP contribution >= 0.6 is 11.6 Å². The second kappa shape index (κ2) is 6.94. The molecule has 1 amide bonds. The molecule has 2 N–H and O–H groups in total. The Balaban J connectivity index is 1.87. The van der Waals surface area contributed by atoms with E-state index < -0.39 is 5.60 Å². The number of aliphatic hydroxyl groups is 1. The van der Waals surface area contributed by atoms with Crippen molar-refractivity contribution in [1.82, 2.24) is 10.3 Å². The summed E-state index contributed by atoms with van der Waals surface area (Å²) in [7, 11) is 1.55. The van der Waals surface area contributed by atoms with Crippen LogP contribution in [-0.4, -0.2) is 35.6 Å². The summed E-state index contributed by atoms with van der Waals surface area (Å²) in [5.41, 5.74) is 1.16. The van der Waals surface area contributed by atoms with Gasteiger partial charge in [0, 0.05) is 31.0 Å². The van der Waals surface area contributed by atoms with Crippen LogP contribution in [0.4, 0.5) is 5.69 Å². The van der Waals surface area contributed by atoms with Gasteiger partial charge < -0.3 is 15.3 Å². The first-order valence-corrected chi connectivity index (χ1v) is 8.66. The number of nitrogens with one attached hydrogen (secondary N) is 1. The number of hydrogen-bond donors (Lipinski definition) is 2. The van der Waals surface area contributed by atoms with E-state index in [-0.39, 0.29) is 11.9 Å². The van der Waals surface area contributed by atoms with Crippen molar-refractivity contribution in [1.29, 1.82) is 5.26 Å². The average molecular weight is 371 g/mol. The Bertz CT molecular complexity index is 878. The molecule has 1 fully saturated rings. The Morgan fingerprint density at radius 2 is 2.23 bits per heavy atom. The zero-order chi connectivity index (χ0) is 18.9. The summed E-state index contributed by atoms with van der Waals surface area (Å²) in [6, 6.07) is 10.4. The molecule has 1 aromatic heterocycles. The number of benzene rings is 1. The molecule has 0 saturated carbocycles. The second-order valence-corrected chi connectivity index (χ2v) is 6.74. The summed E-state index contributed by atoms with van der Waals surface area (Å²) in [4.78, 5) is 17.8. The molecule has 7 heteroatoms. The van der Waals surface area contributed by atoms with Gasteiger partial charge >= 0.3 is 0 Å². The van der Waals surface area contributed by atoms with Crippen molar-refractivity contribution < 1.29 is 9.90 Å². The fourth-order valence-corrected chi connectivity index (χ4v) is 3.59. The molecule has 0 aliphatic carbocycles. The Morgan fingerprint density at radius 1 is 1.46 bits per heavy atom. The molecular weight excluding hydrogens is 352 g/mol. The van der Waals surface area contributed by atoms with Crippen molar-refractivity contribution in [2.75, 3.05) is 18.5 Å². The van der Waals surface area contributed by atoms with Crippen molar-refractivity contribution in [3.05, 3.63) is 58.4 Å². The van der Waals surface area contributed by atoms with Crippen LogP contribution in [0, 0.1) is 11.3 Å². The van der Waals surface area contributed by atoms with Gasteiger partial charge in [-0.3, -0.25) is 9.78 Å². The molecule has 1 aliphatic rings. The summed E-state index contributed by atoms with van der Waals surface area (Å²) in [6.45, 7) is 2.57. The maximum absolute atomic E-state index is 11.6. The van der Waals surface area contributed by atoms with E-state index in [0.717, 1.165) is 5.69 Å². The lowest BCUT2D eigenvalue weighted by Crippen LogP contribution is -2.40. The van der Waals surface area contributed by atoms with Crippen LogP contribution in [0.1, 0.15) is 35.0 Å². The highest BCUT2D eigenvalue weighted by molar-refractivity contribution is 6.32. The maximum Gasteiger partial charge on any atom is 0.269 e. The third-order valence-corrected chi connectivity index (χ3v) is 5.33. The highest BCUT2D eigenvalue weighted by Gasteiger charge is 2.45. The summed E-state index contributed by atoms with van der Waals surface area (Å²) >= 11 is 6.15. The van der Waals surface area contributed by atoms with Gasteiger partial charge in [0.15, 0.2) is 0 Å². The predicted molar refractivity (Wildman–Crippen MR) is 99.1 cm³/mol. The number of amides is 1. The van der Waals surface area contributed by atoms with E-state index in [2.05, 4.69) is 15.2 Å². The number of rotatable bonds is 3. The van der Waals surface area contributed by atoms with Crippen molar-refractivity contribution in [3.8, 4) is 6.07 Å². The number of carbonyl (C=O) groups excluding carboxylic acids is 1. The number of hydrogen-bond acceptors (Lipinski definition) is 5. The van der Waals surface area contributed by atoms with Gasteiger partial charge in [-0.15, -0.1) is 0 Å². The first-order chi connectivity index (χ1) is 12.4. The van der Waals surface area contributed by atoms with Gasteiger partial charge in [0.25, 0.3) is 5.91 Å². The molecule has 2 aromatic rings. The zero-order valence-corrected chi connectivity index (χ0v) is 15.3. The Labute approximate surface area is 157 Å². The van der Waals surface area contributed by atoms with E-state index in [4.69, 9.17) is 16.9 Å². The van der Waals surface area contributed by atoms with E-state index in [1.54, 1.807) is 37.5 Å². The van der Waals surface area contributed by atoms with Gasteiger partial charge in [-0.1, -0.05) is 17.7 Å². The lowest BCUT2D eigenvalue weighted by atomic mass is 9.88. The molecule has 0 bridgehead atoms. The number of pyridine rings is 1. The standard InChI is InChI=1S/C19H19ClN4O2/c1-12-19(26,14-4-6-17(23-11-14)18(25)22-2)7-8-24(12)15-5-3-13(10-21)16(20)9-15/h3-6,9,11-12,26H,7-8H2,1-2H3,(H,22,25)/t12-,19-/m0/s1. The van der Waals surface area contributed by atoms with Crippen molar-refractivity contribution >= 4 is 23.2 Å². The van der Waals surface area contributed by atoms with Gasteiger partial charge in [-0.2, -0.15) is 5.26 Å². The quantitative estimate of drug-likeness (QED) is 0.866. The molecule has 0 spiro atoms. The summed E-state index contributed by atoms with van der Waals surface area (Å²) in [6.07, 6.45) is 2.07. The summed E-state index contributed by atoms with van der Waals surface area (Å²) in [5.74, 6) is -0.267. The molecular formula is C19H19ClN4O2. The van der Waals surface area contributed by atoms with Crippen molar-refractivity contribution in [3.63, 3.8) is 0 Å². The number of carbonyl (C=O) groups is 1. The fourth-order valence-electron chi connectivity index (χ4n) is 3.38. The average Bonchev–Trinajstić information content (AvgIpc) is 2.97. The molecule has 134 valence electrons. The monoisotopic (exact) mass is 370 g/mol. The van der Waals surface area contributed by atoms with Crippen LogP contribution in [0.3, 0.4) is 0 Å². The van der Waals surface area contributed by atoms with Crippen LogP contribution in [-0.2, 0) is 5.60 Å². The molecule has 2 atom stereocenters. The van der Waals surface area contributed by atoms with E-state index in [1.165, 1.54) is 0 Å². The highest BCUT2D eigenvalue weighted by Crippen LogP contribution is 2.40. The molecule has 2 heterocycles. The summed E-state index contributed by atoms with van der Waals surface area (Å²) in [5, 5.41) is 23.2. The molecule has 6 nitrogen and oxygen atoms in total. The lowest BCUT2D eigenvalue weighted by molar-refractivity contribution is 0.0326. The van der Waals surface area contributed by atoms with Gasteiger partial charge in [0.05, 0.1) is 16.6 Å². The number of aromatic nitrogens is 1. The smallest absolute Gasteiger partial charge is 0.269 e. The van der Waals surface area contributed by atoms with Crippen LogP contribution < -0.4 is 10.2 Å². The fraction of sp³-hybridized carbons (Fsp3) is 0.316. The molecule has 1 aliphatic heterocycles. The summed E-state index contributed by atoms with van der Waals surface area (Å²) < 4.78 is 0. The SMILES string of the molecule is CNC(=O)c1ccc([C@]2(O)CCN(c3ccc(C#N)c(Cl)c3)[C@H]2C)cn1. The number of nitrogens with zero attached hydrogens (tertiary/aromatic N) is 3. The van der Waals surface area contributed by atoms with Gasteiger partial charge in [0.2, 0.25) is 0 Å². The van der Waals surface area contributed by atoms with E-state index in [0.29, 0.717) is 34.8 Å². The number of nitriles is 1. The number of halogens is 1. The molecule has 1 saturated heterocycles. The Morgan fingerprint density at radius 3 is 2.81 bits per heavy atom. The molecule has 0 radical (unpaired) electrons. The topological polar surface area (TPSA) is 89.2 Å². The zero-order valence-electron chi connectivity index (χ0n) is 14.5. The van der Waals surface area contributed by atoms with Crippen molar-refractivity contribution in [2.24, 2.45) is 0 Å². The van der Waals surface area contributed by atoms with Crippen LogP contribution in [0.15, 0.2) is 36.5 Å². The molecule has 3 rings (SSSR count). The molecule has 1 aromatic carbocycles. The first kappa shape index (κ1) is 18.2. The van der Waals surface area contributed by atoms with Gasteiger partial charge in [-0.25, -0.2) is 0 Å². The largest absolute Gasteiger partial charge is 0.383 e. The lowest BCUT2D eigenvalue weighted by Gasteiger charge is -2.33. The maximum atomic E-state index is 11.6. The van der Waals surface area contributed by atoms with Crippen LogP contribution in [0.2, 0.25) is 5.02 Å². The Kier molecular flexibility index (Phi) is 4.86. The molecule has 26 heavy (non-hydrogen) atoms. The van der Waals surface area contributed by atoms with E-state index in [9.17, 15) is 9.90 Å². The van der Waals surface area contributed by atoms with E-state index >= 15 is 0 Å². The second-order valence-electron chi connectivity index (χ2n) is 6.33. The Hall–Kier alpha value is -2.62. The van der Waals surface area contributed by atoms with Crippen LogP contribution in [0.25, 0.3) is 0 Å². The minimum atomic E-state index is -1.09. The third kappa shape index (κ3) is 3.00. The molecule has 0 unspecified atom stereocenters. The van der Waals surface area contributed by atoms with Gasteiger partial charge in [-0.05, 0) is 37.6 Å².